The zero-order valence-corrected chi connectivity index (χ0v) is 9.70. The number of alkyl halides is 1. The second kappa shape index (κ2) is 3.11. The molecule has 2 rings (SSSR count). The minimum absolute atomic E-state index is 0.523. The Morgan fingerprint density at radius 2 is 2.17 bits per heavy atom. The van der Waals surface area contributed by atoms with E-state index in [0.717, 1.165) is 5.92 Å². The first-order chi connectivity index (χ1) is 5.68. The summed E-state index contributed by atoms with van der Waals surface area (Å²) in [6.45, 7) is 4.23. The second-order valence-corrected chi connectivity index (χ2v) is 5.65. The Balaban J connectivity index is 2.21. The van der Waals surface area contributed by atoms with Gasteiger partial charge >= 0.3 is 0 Å². The maximum Gasteiger partial charge on any atom is 0.107 e. The van der Waals surface area contributed by atoms with Gasteiger partial charge in [0, 0.05) is 4.88 Å². The van der Waals surface area contributed by atoms with Crippen molar-refractivity contribution in [3.05, 3.63) is 15.6 Å². The Morgan fingerprint density at radius 1 is 1.50 bits per heavy atom. The molecule has 0 aromatic carbocycles. The van der Waals surface area contributed by atoms with Crippen LogP contribution < -0.4 is 0 Å². The molecule has 12 heavy (non-hydrogen) atoms. The number of halogens is 1. The Bertz CT molecular complexity index is 271. The summed E-state index contributed by atoms with van der Waals surface area (Å²) in [7, 11) is 0. The molecule has 3 heteroatoms. The van der Waals surface area contributed by atoms with E-state index in [9.17, 15) is 0 Å². The maximum absolute atomic E-state index is 4.54. The molecule has 66 valence electrons. The van der Waals surface area contributed by atoms with E-state index in [1.807, 2.05) is 11.3 Å². The van der Waals surface area contributed by atoms with Gasteiger partial charge in [0.2, 0.25) is 0 Å². The predicted molar refractivity (Wildman–Crippen MR) is 56.0 cm³/mol. The Hall–Kier alpha value is 0.110. The predicted octanol–water partition coefficient (Wildman–Crippen LogP) is 3.61. The van der Waals surface area contributed by atoms with Crippen molar-refractivity contribution in [3.63, 3.8) is 0 Å². The van der Waals surface area contributed by atoms with E-state index in [1.165, 1.54) is 28.4 Å². The Morgan fingerprint density at radius 3 is 2.58 bits per heavy atom. The molecule has 0 aliphatic heterocycles. The lowest BCUT2D eigenvalue weighted by Gasteiger charge is -2.01. The summed E-state index contributed by atoms with van der Waals surface area (Å²) in [5.74, 6) is 0.856. The van der Waals surface area contributed by atoms with Crippen molar-refractivity contribution in [2.24, 2.45) is 5.92 Å². The van der Waals surface area contributed by atoms with Crippen LogP contribution in [0.5, 0.6) is 0 Å². The largest absolute Gasteiger partial charge is 0.245 e. The summed E-state index contributed by atoms with van der Waals surface area (Å²) in [6.07, 6.45) is 2.74. The quantitative estimate of drug-likeness (QED) is 0.726. The summed E-state index contributed by atoms with van der Waals surface area (Å²) >= 11 is 5.54. The molecule has 0 spiro atoms. The van der Waals surface area contributed by atoms with Crippen LogP contribution in [0.15, 0.2) is 0 Å². The number of hydrogen-bond acceptors (Lipinski definition) is 2. The fraction of sp³-hybridized carbons (Fsp3) is 0.667. The van der Waals surface area contributed by atoms with Crippen LogP contribution >= 0.6 is 27.3 Å². The zero-order chi connectivity index (χ0) is 8.72. The van der Waals surface area contributed by atoms with Crippen molar-refractivity contribution >= 4 is 27.3 Å². The number of aromatic nitrogens is 1. The third kappa shape index (κ3) is 1.57. The summed E-state index contributed by atoms with van der Waals surface area (Å²) < 4.78 is 0. The first kappa shape index (κ1) is 8.70. The molecule has 1 aromatic rings. The molecule has 1 saturated carbocycles. The highest BCUT2D eigenvalue weighted by atomic mass is 79.9. The van der Waals surface area contributed by atoms with Crippen molar-refractivity contribution in [2.75, 3.05) is 0 Å². The third-order valence-electron chi connectivity index (χ3n) is 2.32. The van der Waals surface area contributed by atoms with Crippen molar-refractivity contribution in [1.82, 2.24) is 4.98 Å². The molecule has 1 atom stereocenters. The number of hydrogen-bond donors (Lipinski definition) is 0. The Kier molecular flexibility index (Phi) is 2.25. The molecule has 1 unspecified atom stereocenters. The molecule has 1 aromatic heterocycles. The normalized spacial score (nSPS) is 19.6. The molecule has 0 N–H and O–H groups in total. The minimum Gasteiger partial charge on any atom is -0.245 e. The maximum atomic E-state index is 4.54. The topological polar surface area (TPSA) is 12.9 Å². The first-order valence-electron chi connectivity index (χ1n) is 4.26. The Labute approximate surface area is 85.3 Å². The van der Waals surface area contributed by atoms with E-state index in [4.69, 9.17) is 0 Å². The lowest BCUT2D eigenvalue weighted by Crippen LogP contribution is -1.90. The van der Waals surface area contributed by atoms with Gasteiger partial charge in [0.1, 0.15) is 5.01 Å². The van der Waals surface area contributed by atoms with Gasteiger partial charge in [-0.25, -0.2) is 4.98 Å². The number of thiazole rings is 1. The molecule has 1 nitrogen and oxygen atoms in total. The average Bonchev–Trinajstić information content (AvgIpc) is 2.80. The van der Waals surface area contributed by atoms with Gasteiger partial charge in [-0.2, -0.15) is 0 Å². The smallest absolute Gasteiger partial charge is 0.107 e. The van der Waals surface area contributed by atoms with Gasteiger partial charge < -0.3 is 0 Å². The van der Waals surface area contributed by atoms with Gasteiger partial charge in [0.25, 0.3) is 0 Å². The molecule has 1 aliphatic carbocycles. The summed E-state index contributed by atoms with van der Waals surface area (Å²) in [5.41, 5.74) is 1.19. The fourth-order valence-electron chi connectivity index (χ4n) is 1.21. The van der Waals surface area contributed by atoms with Gasteiger partial charge in [0.05, 0.1) is 10.5 Å². The monoisotopic (exact) mass is 245 g/mol. The van der Waals surface area contributed by atoms with Crippen molar-refractivity contribution < 1.29 is 0 Å². The van der Waals surface area contributed by atoms with E-state index in [0.29, 0.717) is 4.83 Å². The van der Waals surface area contributed by atoms with Crippen molar-refractivity contribution in [1.29, 1.82) is 0 Å². The van der Waals surface area contributed by atoms with E-state index >= 15 is 0 Å². The van der Waals surface area contributed by atoms with Crippen LogP contribution in [0.3, 0.4) is 0 Å². The lowest BCUT2D eigenvalue weighted by atomic mass is 10.3. The second-order valence-electron chi connectivity index (χ2n) is 3.43. The third-order valence-corrected chi connectivity index (χ3v) is 4.96. The molecule has 1 fully saturated rings. The summed E-state index contributed by atoms with van der Waals surface area (Å²) in [4.78, 5) is 6.42. The van der Waals surface area contributed by atoms with Crippen LogP contribution in [-0.4, -0.2) is 4.98 Å². The summed E-state index contributed by atoms with van der Waals surface area (Å²) in [6, 6.07) is 0. The van der Waals surface area contributed by atoms with Gasteiger partial charge in [0.15, 0.2) is 0 Å². The molecular weight excluding hydrogens is 234 g/mol. The average molecular weight is 246 g/mol. The van der Waals surface area contributed by atoms with Crippen LogP contribution in [-0.2, 0) is 0 Å². The molecule has 0 radical (unpaired) electrons. The van der Waals surface area contributed by atoms with Gasteiger partial charge in [-0.1, -0.05) is 15.9 Å². The van der Waals surface area contributed by atoms with Crippen molar-refractivity contribution in [2.45, 2.75) is 31.5 Å². The van der Waals surface area contributed by atoms with Crippen LogP contribution in [0, 0.1) is 19.8 Å². The standard InChI is InChI=1S/C9H12BrNS/c1-5-6(2)12-9(11-5)8(10)7-3-4-7/h7-8H,3-4H2,1-2H3. The fourth-order valence-corrected chi connectivity index (χ4v) is 3.11. The first-order valence-corrected chi connectivity index (χ1v) is 5.99. The van der Waals surface area contributed by atoms with Crippen LogP contribution in [0.1, 0.15) is 33.2 Å². The van der Waals surface area contributed by atoms with Crippen molar-refractivity contribution in [3.8, 4) is 0 Å². The van der Waals surface area contributed by atoms with Gasteiger partial charge in [-0.05, 0) is 32.6 Å². The molecule has 0 amide bonds. The highest BCUT2D eigenvalue weighted by molar-refractivity contribution is 9.09. The van der Waals surface area contributed by atoms with Gasteiger partial charge in [-0.3, -0.25) is 0 Å². The molecule has 0 saturated heterocycles. The zero-order valence-electron chi connectivity index (χ0n) is 7.30. The van der Waals surface area contributed by atoms with E-state index < -0.39 is 0 Å². The number of rotatable bonds is 2. The number of aryl methyl sites for hydroxylation is 2. The minimum atomic E-state index is 0.523. The molecule has 0 bridgehead atoms. The van der Waals surface area contributed by atoms with Crippen LogP contribution in [0.2, 0.25) is 0 Å². The SMILES string of the molecule is Cc1nc(C(Br)C2CC2)sc1C. The van der Waals surface area contributed by atoms with E-state index in [-0.39, 0.29) is 0 Å². The lowest BCUT2D eigenvalue weighted by molar-refractivity contribution is 0.811. The van der Waals surface area contributed by atoms with E-state index in [2.05, 4.69) is 34.8 Å². The van der Waals surface area contributed by atoms with E-state index in [1.54, 1.807) is 0 Å². The molecule has 1 heterocycles. The number of nitrogens with zero attached hydrogens (tertiary/aromatic N) is 1. The van der Waals surface area contributed by atoms with Crippen LogP contribution in [0.25, 0.3) is 0 Å². The highest BCUT2D eigenvalue weighted by Gasteiger charge is 2.32. The molecular formula is C9H12BrNS. The van der Waals surface area contributed by atoms with Gasteiger partial charge in [-0.15, -0.1) is 11.3 Å². The van der Waals surface area contributed by atoms with Crippen LogP contribution in [0.4, 0.5) is 0 Å². The molecule has 1 aliphatic rings. The summed E-state index contributed by atoms with van der Waals surface area (Å²) in [5, 5.41) is 1.27. The highest BCUT2D eigenvalue weighted by Crippen LogP contribution is 2.47.